The van der Waals surface area contributed by atoms with Gasteiger partial charge in [-0.3, -0.25) is 14.3 Å². The molecule has 1 atom stereocenters. The smallest absolute Gasteiger partial charge is 0.481 e. The average molecular weight is 523 g/mol. The minimum atomic E-state index is -4.89. The third-order valence-electron chi connectivity index (χ3n) is 5.49. The molecule has 4 rings (SSSR count). The van der Waals surface area contributed by atoms with Crippen molar-refractivity contribution in [3.05, 3.63) is 53.9 Å². The van der Waals surface area contributed by atoms with E-state index >= 15 is 0 Å². The molecule has 3 aromatic rings. The Morgan fingerprint density at radius 3 is 2.57 bits per heavy atom. The second-order valence-corrected chi connectivity index (χ2v) is 8.02. The van der Waals surface area contributed by atoms with Crippen LogP contribution in [0.4, 0.5) is 19.0 Å². The number of aromatic nitrogens is 3. The van der Waals surface area contributed by atoms with Gasteiger partial charge < -0.3 is 29.3 Å². The molecule has 2 N–H and O–H groups in total. The molecule has 0 saturated carbocycles. The number of amides is 1. The first kappa shape index (κ1) is 26.0. The maximum absolute atomic E-state index is 13.4. The van der Waals surface area contributed by atoms with E-state index in [-0.39, 0.29) is 49.4 Å². The number of carbonyl (C=O) groups is 1. The van der Waals surface area contributed by atoms with Crippen LogP contribution in [0.15, 0.2) is 42.6 Å². The molecule has 11 nitrogen and oxygen atoms in total. The van der Waals surface area contributed by atoms with Gasteiger partial charge in [0.05, 0.1) is 13.7 Å². The number of anilines is 1. The third kappa shape index (κ3) is 5.70. The number of aliphatic hydroxyl groups is 2. The zero-order chi connectivity index (χ0) is 26.7. The lowest BCUT2D eigenvalue weighted by atomic mass is 10.2. The van der Waals surface area contributed by atoms with E-state index in [1.165, 1.54) is 46.9 Å². The van der Waals surface area contributed by atoms with Crippen LogP contribution in [-0.2, 0) is 6.54 Å². The lowest BCUT2D eigenvalue weighted by molar-refractivity contribution is -0.274. The van der Waals surface area contributed by atoms with E-state index in [2.05, 4.69) is 14.7 Å². The number of halogens is 3. The van der Waals surface area contributed by atoms with Crippen LogP contribution >= 0.6 is 0 Å². The molecule has 0 bridgehead atoms. The Kier molecular flexibility index (Phi) is 7.40. The summed E-state index contributed by atoms with van der Waals surface area (Å²) < 4.78 is 54.3. The number of aliphatic hydroxyl groups excluding tert-OH is 2. The summed E-state index contributed by atoms with van der Waals surface area (Å²) in [7, 11) is 2.99. The standard InChI is InChI=1S/C23H24F3N5O6/c1-29-19-18(20(33)30(22(29)34)9-4-10-32)31(13-14-7-8-17(35-2)27-12-14)21(28-19)36-15-5-3-6-16(11-15)37-23(24,25)26/h3,5-8,11-12,22,32,34H,4,9-10,13H2,1-2H3. The van der Waals surface area contributed by atoms with Gasteiger partial charge in [-0.15, -0.1) is 13.2 Å². The third-order valence-corrected chi connectivity index (χ3v) is 5.49. The van der Waals surface area contributed by atoms with Crippen molar-refractivity contribution in [3.8, 4) is 23.4 Å². The lowest BCUT2D eigenvalue weighted by Gasteiger charge is -2.38. The molecule has 37 heavy (non-hydrogen) atoms. The summed E-state index contributed by atoms with van der Waals surface area (Å²) in [6.45, 7) is -0.0615. The number of benzene rings is 1. The fraction of sp³-hybridized carbons (Fsp3) is 0.348. The maximum Gasteiger partial charge on any atom is 0.573 e. The summed E-state index contributed by atoms with van der Waals surface area (Å²) in [5, 5.41) is 19.9. The molecule has 0 radical (unpaired) electrons. The van der Waals surface area contributed by atoms with Crippen LogP contribution in [0, 0.1) is 0 Å². The molecule has 1 aromatic carbocycles. The molecule has 1 amide bonds. The minimum Gasteiger partial charge on any atom is -0.481 e. The highest BCUT2D eigenvalue weighted by Gasteiger charge is 2.40. The van der Waals surface area contributed by atoms with E-state index in [1.807, 2.05) is 0 Å². The first-order chi connectivity index (χ1) is 17.6. The summed E-state index contributed by atoms with van der Waals surface area (Å²) in [5.74, 6) is -0.593. The zero-order valence-electron chi connectivity index (χ0n) is 19.8. The number of ether oxygens (including phenoxy) is 3. The number of nitrogens with zero attached hydrogens (tertiary/aromatic N) is 5. The molecule has 14 heteroatoms. The molecule has 2 aromatic heterocycles. The van der Waals surface area contributed by atoms with Gasteiger partial charge in [-0.05, 0) is 24.1 Å². The second-order valence-electron chi connectivity index (χ2n) is 8.02. The Morgan fingerprint density at radius 2 is 1.92 bits per heavy atom. The quantitative estimate of drug-likeness (QED) is 0.436. The van der Waals surface area contributed by atoms with Crippen LogP contribution in [0.5, 0.6) is 23.4 Å². The Labute approximate surface area is 209 Å². The van der Waals surface area contributed by atoms with E-state index in [1.54, 1.807) is 12.1 Å². The van der Waals surface area contributed by atoms with E-state index in [4.69, 9.17) is 9.47 Å². The van der Waals surface area contributed by atoms with Crippen molar-refractivity contribution in [2.45, 2.75) is 25.7 Å². The predicted octanol–water partition coefficient (Wildman–Crippen LogP) is 2.58. The first-order valence-electron chi connectivity index (χ1n) is 11.1. The Bertz CT molecular complexity index is 1250. The fourth-order valence-electron chi connectivity index (χ4n) is 3.77. The maximum atomic E-state index is 13.4. The highest BCUT2D eigenvalue weighted by molar-refractivity contribution is 5.99. The summed E-state index contributed by atoms with van der Waals surface area (Å²) in [6, 6.07) is 8.11. The van der Waals surface area contributed by atoms with Gasteiger partial charge >= 0.3 is 12.4 Å². The Balaban J connectivity index is 1.76. The largest absolute Gasteiger partial charge is 0.573 e. The molecule has 3 heterocycles. The van der Waals surface area contributed by atoms with E-state index in [0.717, 1.165) is 12.1 Å². The van der Waals surface area contributed by atoms with Crippen molar-refractivity contribution in [1.29, 1.82) is 0 Å². The van der Waals surface area contributed by atoms with Gasteiger partial charge in [-0.2, -0.15) is 4.98 Å². The molecular weight excluding hydrogens is 499 g/mol. The second kappa shape index (κ2) is 10.5. The highest BCUT2D eigenvalue weighted by Crippen LogP contribution is 2.36. The number of methoxy groups -OCH3 is 1. The number of hydrogen-bond donors (Lipinski definition) is 2. The van der Waals surface area contributed by atoms with Gasteiger partial charge in [-0.1, -0.05) is 12.1 Å². The van der Waals surface area contributed by atoms with Crippen LogP contribution in [0.2, 0.25) is 0 Å². The summed E-state index contributed by atoms with van der Waals surface area (Å²) in [6.07, 6.45) is -4.48. The van der Waals surface area contributed by atoms with Gasteiger partial charge in [0.1, 0.15) is 11.5 Å². The average Bonchev–Trinajstić information content (AvgIpc) is 3.20. The van der Waals surface area contributed by atoms with Gasteiger partial charge in [0.15, 0.2) is 11.5 Å². The number of hydrogen-bond acceptors (Lipinski definition) is 9. The van der Waals surface area contributed by atoms with Crippen molar-refractivity contribution in [3.63, 3.8) is 0 Å². The van der Waals surface area contributed by atoms with Crippen molar-refractivity contribution in [1.82, 2.24) is 19.4 Å². The number of imidazole rings is 1. The molecule has 0 aliphatic carbocycles. The minimum absolute atomic E-state index is 0.0222. The van der Waals surface area contributed by atoms with Crippen molar-refractivity contribution < 1.29 is 42.4 Å². The van der Waals surface area contributed by atoms with E-state index in [0.29, 0.717) is 11.4 Å². The van der Waals surface area contributed by atoms with Gasteiger partial charge in [-0.25, -0.2) is 4.98 Å². The van der Waals surface area contributed by atoms with Crippen molar-refractivity contribution >= 4 is 11.7 Å². The molecule has 1 aliphatic rings. The predicted molar refractivity (Wildman–Crippen MR) is 122 cm³/mol. The van der Waals surface area contributed by atoms with Gasteiger partial charge in [0, 0.05) is 38.5 Å². The Morgan fingerprint density at radius 1 is 1.16 bits per heavy atom. The summed E-state index contributed by atoms with van der Waals surface area (Å²) in [4.78, 5) is 24.5. The zero-order valence-corrected chi connectivity index (χ0v) is 19.8. The van der Waals surface area contributed by atoms with Crippen molar-refractivity contribution in [2.75, 3.05) is 32.2 Å². The fourth-order valence-corrected chi connectivity index (χ4v) is 3.77. The Hall–Kier alpha value is -4.04. The molecule has 0 spiro atoms. The number of alkyl halides is 3. The van der Waals surface area contributed by atoms with Gasteiger partial charge in [0.25, 0.3) is 5.91 Å². The SMILES string of the molecule is COc1ccc(Cn2c(Oc3cccc(OC(F)(F)F)c3)nc3c2C(=O)N(CCCO)C(O)N3C)cn1. The van der Waals surface area contributed by atoms with Crippen LogP contribution < -0.4 is 19.1 Å². The van der Waals surface area contributed by atoms with Crippen LogP contribution in [0.3, 0.4) is 0 Å². The molecule has 198 valence electrons. The molecule has 0 saturated heterocycles. The van der Waals surface area contributed by atoms with E-state index in [9.17, 15) is 28.2 Å². The highest BCUT2D eigenvalue weighted by atomic mass is 19.4. The summed E-state index contributed by atoms with van der Waals surface area (Å²) in [5.41, 5.74) is 0.725. The monoisotopic (exact) mass is 523 g/mol. The van der Waals surface area contributed by atoms with Crippen LogP contribution in [0.1, 0.15) is 22.5 Å². The van der Waals surface area contributed by atoms with Crippen molar-refractivity contribution in [2.24, 2.45) is 0 Å². The normalized spacial score (nSPS) is 15.5. The topological polar surface area (TPSA) is 122 Å². The molecule has 1 aliphatic heterocycles. The number of fused-ring (bicyclic) bond motifs is 1. The lowest BCUT2D eigenvalue weighted by Crippen LogP contribution is -2.54. The van der Waals surface area contributed by atoms with Crippen LogP contribution in [0.25, 0.3) is 0 Å². The van der Waals surface area contributed by atoms with Crippen LogP contribution in [-0.4, -0.2) is 75.6 Å². The van der Waals surface area contributed by atoms with E-state index < -0.39 is 24.4 Å². The first-order valence-corrected chi connectivity index (χ1v) is 11.1. The number of rotatable bonds is 9. The van der Waals surface area contributed by atoms with Gasteiger partial charge in [0.2, 0.25) is 12.2 Å². The molecule has 0 fully saturated rings. The number of pyridine rings is 1. The number of carbonyl (C=O) groups excluding carboxylic acids is 1. The molecular formula is C23H24F3N5O6. The summed E-state index contributed by atoms with van der Waals surface area (Å²) >= 11 is 0. The molecule has 1 unspecified atom stereocenters.